The number of halogens is 1. The molecule has 2 unspecified atom stereocenters. The van der Waals surface area contributed by atoms with Gasteiger partial charge in [-0.3, -0.25) is 9.59 Å². The van der Waals surface area contributed by atoms with Gasteiger partial charge in [-0.15, -0.1) is 12.4 Å². The predicted octanol–water partition coefficient (Wildman–Crippen LogP) is 3.14. The summed E-state index contributed by atoms with van der Waals surface area (Å²) in [4.78, 5) is 30.0. The van der Waals surface area contributed by atoms with Gasteiger partial charge in [0.1, 0.15) is 0 Å². The molecule has 2 fully saturated rings. The number of anilines is 1. The van der Waals surface area contributed by atoms with Crippen LogP contribution in [-0.4, -0.2) is 41.9 Å². The Labute approximate surface area is 174 Å². The van der Waals surface area contributed by atoms with Gasteiger partial charge >= 0.3 is 0 Å². The van der Waals surface area contributed by atoms with E-state index in [1.54, 1.807) is 0 Å². The maximum Gasteiger partial charge on any atom is 0.230 e. The van der Waals surface area contributed by atoms with Crippen LogP contribution in [0.25, 0.3) is 0 Å². The van der Waals surface area contributed by atoms with Gasteiger partial charge in [0.25, 0.3) is 0 Å². The number of nitrogens with zero attached hydrogens (tertiary/aromatic N) is 2. The van der Waals surface area contributed by atoms with Crippen molar-refractivity contribution in [1.82, 2.24) is 4.90 Å². The van der Waals surface area contributed by atoms with Crippen LogP contribution in [0.2, 0.25) is 0 Å². The minimum absolute atomic E-state index is 0. The van der Waals surface area contributed by atoms with Crippen LogP contribution in [0, 0.1) is 11.8 Å². The lowest BCUT2D eigenvalue weighted by molar-refractivity contribution is -0.141. The number of para-hydroxylation sites is 1. The second kappa shape index (κ2) is 8.42. The molecular formula is C22H32ClN3O2. The second-order valence-electron chi connectivity index (χ2n) is 8.77. The number of amides is 2. The van der Waals surface area contributed by atoms with Gasteiger partial charge in [0.2, 0.25) is 11.8 Å². The quantitative estimate of drug-likeness (QED) is 0.821. The molecule has 2 N–H and O–H groups in total. The van der Waals surface area contributed by atoms with Gasteiger partial charge in [-0.05, 0) is 50.7 Å². The Morgan fingerprint density at radius 1 is 1.04 bits per heavy atom. The number of rotatable bonds is 2. The van der Waals surface area contributed by atoms with Crippen molar-refractivity contribution in [1.29, 1.82) is 0 Å². The molecule has 0 spiro atoms. The topological polar surface area (TPSA) is 66.6 Å². The third-order valence-electron chi connectivity index (χ3n) is 6.86. The van der Waals surface area contributed by atoms with Gasteiger partial charge in [-0.25, -0.2) is 0 Å². The van der Waals surface area contributed by atoms with E-state index >= 15 is 0 Å². The average molecular weight is 406 g/mol. The summed E-state index contributed by atoms with van der Waals surface area (Å²) < 4.78 is 0. The van der Waals surface area contributed by atoms with Crippen molar-refractivity contribution in [2.45, 2.75) is 57.4 Å². The Kier molecular flexibility index (Phi) is 6.35. The summed E-state index contributed by atoms with van der Waals surface area (Å²) >= 11 is 0. The minimum atomic E-state index is -0.388. The zero-order valence-electron chi connectivity index (χ0n) is 16.7. The fraction of sp³-hybridized carbons (Fsp3) is 0.636. The zero-order valence-corrected chi connectivity index (χ0v) is 17.5. The first-order valence-corrected chi connectivity index (χ1v) is 10.4. The Hall–Kier alpha value is -1.59. The van der Waals surface area contributed by atoms with E-state index in [-0.39, 0.29) is 41.6 Å². The molecule has 154 valence electrons. The van der Waals surface area contributed by atoms with Gasteiger partial charge in [0.15, 0.2) is 0 Å². The lowest BCUT2D eigenvalue weighted by Gasteiger charge is -2.42. The SMILES string of the molecule is CC1(N)CCCCC1C(=O)N1CCC(C(=O)N2CCc3ccccc32)CC1.Cl. The number of hydrogen-bond donors (Lipinski definition) is 1. The summed E-state index contributed by atoms with van der Waals surface area (Å²) in [5, 5.41) is 0. The smallest absolute Gasteiger partial charge is 0.230 e. The molecule has 3 aliphatic rings. The normalized spacial score (nSPS) is 27.9. The van der Waals surface area contributed by atoms with Crippen molar-refractivity contribution in [3.63, 3.8) is 0 Å². The number of piperidine rings is 1. The number of carbonyl (C=O) groups excluding carboxylic acids is 2. The van der Waals surface area contributed by atoms with Crippen molar-refractivity contribution in [2.24, 2.45) is 17.6 Å². The van der Waals surface area contributed by atoms with Gasteiger partial charge < -0.3 is 15.5 Å². The van der Waals surface area contributed by atoms with E-state index in [9.17, 15) is 9.59 Å². The van der Waals surface area contributed by atoms with E-state index in [1.165, 1.54) is 5.56 Å². The molecule has 2 heterocycles. The van der Waals surface area contributed by atoms with Crippen LogP contribution in [-0.2, 0) is 16.0 Å². The predicted molar refractivity (Wildman–Crippen MR) is 114 cm³/mol. The molecule has 1 aromatic rings. The molecule has 6 heteroatoms. The van der Waals surface area contributed by atoms with Gasteiger partial charge in [0.05, 0.1) is 5.92 Å². The van der Waals surface area contributed by atoms with E-state index in [1.807, 2.05) is 34.9 Å². The number of likely N-dealkylation sites (tertiary alicyclic amines) is 1. The fourth-order valence-electron chi connectivity index (χ4n) is 5.12. The standard InChI is InChI=1S/C22H31N3O2.ClH/c1-22(23)12-5-4-7-18(22)21(27)24-13-9-17(10-14-24)20(26)25-15-11-16-6-2-3-8-19(16)25;/h2-3,6,8,17-18H,4-5,7,9-15,23H2,1H3;1H. The summed E-state index contributed by atoms with van der Waals surface area (Å²) in [6, 6.07) is 8.19. The van der Waals surface area contributed by atoms with E-state index in [0.717, 1.165) is 57.2 Å². The van der Waals surface area contributed by atoms with Crippen LogP contribution in [0.4, 0.5) is 5.69 Å². The van der Waals surface area contributed by atoms with Gasteiger partial charge in [-0.1, -0.05) is 31.0 Å². The molecule has 1 saturated heterocycles. The Balaban J connectivity index is 0.00000225. The Morgan fingerprint density at radius 3 is 2.46 bits per heavy atom. The average Bonchev–Trinajstić information content (AvgIpc) is 3.11. The summed E-state index contributed by atoms with van der Waals surface area (Å²) in [6.07, 6.45) is 6.49. The number of fused-ring (bicyclic) bond motifs is 1. The van der Waals surface area contributed by atoms with E-state index in [4.69, 9.17) is 5.73 Å². The Morgan fingerprint density at radius 2 is 1.75 bits per heavy atom. The molecule has 5 nitrogen and oxygen atoms in total. The molecule has 2 aliphatic heterocycles. The highest BCUT2D eigenvalue weighted by atomic mass is 35.5. The molecule has 1 aromatic carbocycles. The maximum atomic E-state index is 13.0. The van der Waals surface area contributed by atoms with Crippen LogP contribution >= 0.6 is 12.4 Å². The number of benzene rings is 1. The molecule has 0 aromatic heterocycles. The number of carbonyl (C=O) groups is 2. The summed E-state index contributed by atoms with van der Waals surface area (Å²) in [5.74, 6) is 0.394. The van der Waals surface area contributed by atoms with Gasteiger partial charge in [0, 0.05) is 36.8 Å². The first kappa shape index (κ1) is 21.1. The van der Waals surface area contributed by atoms with E-state index in [2.05, 4.69) is 6.07 Å². The molecular weight excluding hydrogens is 374 g/mol. The van der Waals surface area contributed by atoms with Gasteiger partial charge in [-0.2, -0.15) is 0 Å². The molecule has 1 saturated carbocycles. The van der Waals surface area contributed by atoms with Crippen molar-refractivity contribution in [2.75, 3.05) is 24.5 Å². The number of hydrogen-bond acceptors (Lipinski definition) is 3. The highest BCUT2D eigenvalue weighted by Crippen LogP contribution is 2.35. The highest BCUT2D eigenvalue weighted by molar-refractivity contribution is 5.97. The van der Waals surface area contributed by atoms with Crippen LogP contribution in [0.5, 0.6) is 0 Å². The fourth-order valence-corrected chi connectivity index (χ4v) is 5.12. The zero-order chi connectivity index (χ0) is 19.0. The van der Waals surface area contributed by atoms with Crippen LogP contribution in [0.1, 0.15) is 51.0 Å². The molecule has 0 bridgehead atoms. The first-order chi connectivity index (χ1) is 13.0. The third kappa shape index (κ3) is 3.92. The van der Waals surface area contributed by atoms with E-state index in [0.29, 0.717) is 13.1 Å². The van der Waals surface area contributed by atoms with Crippen LogP contribution in [0.3, 0.4) is 0 Å². The lowest BCUT2D eigenvalue weighted by atomic mass is 9.73. The molecule has 2 amide bonds. The highest BCUT2D eigenvalue weighted by Gasteiger charge is 2.41. The minimum Gasteiger partial charge on any atom is -0.342 e. The van der Waals surface area contributed by atoms with Crippen LogP contribution in [0.15, 0.2) is 24.3 Å². The first-order valence-electron chi connectivity index (χ1n) is 10.4. The largest absolute Gasteiger partial charge is 0.342 e. The lowest BCUT2D eigenvalue weighted by Crippen LogP contribution is -2.55. The summed E-state index contributed by atoms with van der Waals surface area (Å²) in [5.41, 5.74) is 8.37. The molecule has 2 atom stereocenters. The summed E-state index contributed by atoms with van der Waals surface area (Å²) in [7, 11) is 0. The third-order valence-corrected chi connectivity index (χ3v) is 6.86. The molecule has 0 radical (unpaired) electrons. The van der Waals surface area contributed by atoms with Crippen molar-refractivity contribution < 1.29 is 9.59 Å². The van der Waals surface area contributed by atoms with Crippen molar-refractivity contribution in [3.8, 4) is 0 Å². The maximum absolute atomic E-state index is 13.0. The second-order valence-corrected chi connectivity index (χ2v) is 8.77. The van der Waals surface area contributed by atoms with Crippen LogP contribution < -0.4 is 10.6 Å². The van der Waals surface area contributed by atoms with E-state index < -0.39 is 0 Å². The molecule has 4 rings (SSSR count). The monoisotopic (exact) mass is 405 g/mol. The van der Waals surface area contributed by atoms with Crippen molar-refractivity contribution in [3.05, 3.63) is 29.8 Å². The molecule has 1 aliphatic carbocycles. The Bertz CT molecular complexity index is 728. The molecule has 28 heavy (non-hydrogen) atoms. The number of nitrogens with two attached hydrogens (primary N) is 1. The van der Waals surface area contributed by atoms with Crippen molar-refractivity contribution >= 4 is 29.9 Å². The summed E-state index contributed by atoms with van der Waals surface area (Å²) in [6.45, 7) is 4.16.